The van der Waals surface area contributed by atoms with Crippen LogP contribution in [0.1, 0.15) is 36.1 Å². The van der Waals surface area contributed by atoms with Gasteiger partial charge in [0.05, 0.1) is 0 Å². The average Bonchev–Trinajstić information content (AvgIpc) is 2.50. The molecule has 7 heteroatoms. The van der Waals surface area contributed by atoms with Gasteiger partial charge < -0.3 is 16.6 Å². The molecule has 126 valence electrons. The molecule has 0 amide bonds. The fourth-order valence-electron chi connectivity index (χ4n) is 2.51. The van der Waals surface area contributed by atoms with Crippen LogP contribution in [0, 0.1) is 0 Å². The van der Waals surface area contributed by atoms with Crippen LogP contribution in [-0.2, 0) is 19.3 Å². The van der Waals surface area contributed by atoms with Crippen LogP contribution >= 0.6 is 24.2 Å². The van der Waals surface area contributed by atoms with Crippen molar-refractivity contribution in [3.63, 3.8) is 0 Å². The minimum atomic E-state index is 0. The Labute approximate surface area is 147 Å². The van der Waals surface area contributed by atoms with Crippen LogP contribution in [0.3, 0.4) is 0 Å². The SMILES string of the molecule is CCc1cc(Cc2c(N)nc(N)nc2SC)cc(CC)c1O.Cl. The van der Waals surface area contributed by atoms with Gasteiger partial charge >= 0.3 is 0 Å². The van der Waals surface area contributed by atoms with E-state index < -0.39 is 0 Å². The van der Waals surface area contributed by atoms with Gasteiger partial charge in [-0.05, 0) is 35.8 Å². The molecule has 1 heterocycles. The highest BCUT2D eigenvalue weighted by molar-refractivity contribution is 7.98. The van der Waals surface area contributed by atoms with Gasteiger partial charge in [0.25, 0.3) is 0 Å². The lowest BCUT2D eigenvalue weighted by atomic mass is 9.97. The highest BCUT2D eigenvalue weighted by atomic mass is 35.5. The number of anilines is 2. The van der Waals surface area contributed by atoms with E-state index in [0.29, 0.717) is 18.0 Å². The van der Waals surface area contributed by atoms with E-state index in [9.17, 15) is 5.11 Å². The summed E-state index contributed by atoms with van der Waals surface area (Å²) in [5.41, 5.74) is 15.6. The van der Waals surface area contributed by atoms with E-state index in [4.69, 9.17) is 11.5 Å². The monoisotopic (exact) mass is 354 g/mol. The third-order valence-corrected chi connectivity index (χ3v) is 4.41. The molecule has 0 atom stereocenters. The van der Waals surface area contributed by atoms with E-state index in [-0.39, 0.29) is 18.4 Å². The molecule has 2 rings (SSSR count). The van der Waals surface area contributed by atoms with Gasteiger partial charge in [0, 0.05) is 12.0 Å². The molecule has 2 aromatic rings. The molecular weight excluding hydrogens is 332 g/mol. The Balaban J connectivity index is 0.00000264. The molecule has 1 aromatic carbocycles. The molecule has 5 nitrogen and oxygen atoms in total. The van der Waals surface area contributed by atoms with Crippen LogP contribution in [0.4, 0.5) is 11.8 Å². The molecule has 0 fully saturated rings. The van der Waals surface area contributed by atoms with Crippen molar-refractivity contribution in [1.82, 2.24) is 9.97 Å². The summed E-state index contributed by atoms with van der Waals surface area (Å²) in [6.07, 6.45) is 4.14. The summed E-state index contributed by atoms with van der Waals surface area (Å²) in [5, 5.41) is 11.0. The molecule has 0 radical (unpaired) electrons. The number of aromatic hydroxyl groups is 1. The Morgan fingerprint density at radius 1 is 1.09 bits per heavy atom. The van der Waals surface area contributed by atoms with E-state index in [1.165, 1.54) is 11.8 Å². The number of aromatic nitrogens is 2. The van der Waals surface area contributed by atoms with Gasteiger partial charge in [-0.3, -0.25) is 0 Å². The maximum absolute atomic E-state index is 10.2. The number of halogens is 1. The van der Waals surface area contributed by atoms with Crippen molar-refractivity contribution in [1.29, 1.82) is 0 Å². The number of rotatable bonds is 5. The molecule has 5 N–H and O–H groups in total. The van der Waals surface area contributed by atoms with Crippen LogP contribution in [0.5, 0.6) is 5.75 Å². The van der Waals surface area contributed by atoms with E-state index in [2.05, 4.69) is 9.97 Å². The Kier molecular flexibility index (Phi) is 6.97. The quantitative estimate of drug-likeness (QED) is 0.563. The van der Waals surface area contributed by atoms with Gasteiger partial charge in [0.1, 0.15) is 16.6 Å². The van der Waals surface area contributed by atoms with Crippen molar-refractivity contribution in [2.75, 3.05) is 17.7 Å². The Morgan fingerprint density at radius 3 is 2.13 bits per heavy atom. The van der Waals surface area contributed by atoms with E-state index in [1.54, 1.807) is 0 Å². The molecule has 0 bridgehead atoms. The molecule has 0 aliphatic heterocycles. The molecular formula is C16H23ClN4OS. The molecule has 0 saturated carbocycles. The first-order chi connectivity index (χ1) is 10.5. The molecule has 0 aliphatic carbocycles. The van der Waals surface area contributed by atoms with Crippen molar-refractivity contribution in [3.05, 3.63) is 34.4 Å². The van der Waals surface area contributed by atoms with Gasteiger partial charge in [-0.25, -0.2) is 4.98 Å². The summed E-state index contributed by atoms with van der Waals surface area (Å²) >= 11 is 1.51. The zero-order valence-electron chi connectivity index (χ0n) is 13.6. The van der Waals surface area contributed by atoms with Gasteiger partial charge in [-0.1, -0.05) is 26.0 Å². The fraction of sp³-hybridized carbons (Fsp3) is 0.375. The second kappa shape index (κ2) is 8.26. The number of hydrogen-bond acceptors (Lipinski definition) is 6. The van der Waals surface area contributed by atoms with Crippen molar-refractivity contribution in [2.24, 2.45) is 0 Å². The lowest BCUT2D eigenvalue weighted by Gasteiger charge is -2.14. The predicted octanol–water partition coefficient (Wildman–Crippen LogP) is 3.21. The number of nitrogen functional groups attached to an aromatic ring is 2. The van der Waals surface area contributed by atoms with Crippen molar-refractivity contribution < 1.29 is 5.11 Å². The summed E-state index contributed by atoms with van der Waals surface area (Å²) < 4.78 is 0. The first-order valence-corrected chi connectivity index (χ1v) is 8.52. The normalized spacial score (nSPS) is 10.4. The average molecular weight is 355 g/mol. The fourth-order valence-corrected chi connectivity index (χ4v) is 3.12. The Morgan fingerprint density at radius 2 is 1.65 bits per heavy atom. The third-order valence-electron chi connectivity index (χ3n) is 3.68. The highest BCUT2D eigenvalue weighted by Gasteiger charge is 2.14. The summed E-state index contributed by atoms with van der Waals surface area (Å²) in [6.45, 7) is 4.07. The lowest BCUT2D eigenvalue weighted by molar-refractivity contribution is 0.462. The molecule has 1 aromatic heterocycles. The molecule has 23 heavy (non-hydrogen) atoms. The van der Waals surface area contributed by atoms with E-state index >= 15 is 0 Å². The second-order valence-electron chi connectivity index (χ2n) is 5.10. The standard InChI is InChI=1S/C16H22N4OS.ClH/c1-4-10-6-9(7-11(5-2)13(10)21)8-12-14(17)19-16(18)20-15(12)22-3;/h6-7,21H,4-5,8H2,1-3H3,(H4,17,18,19,20);1H. The number of aryl methyl sites for hydroxylation is 2. The van der Waals surface area contributed by atoms with Crippen LogP contribution in [0.15, 0.2) is 17.2 Å². The van der Waals surface area contributed by atoms with Gasteiger partial charge in [-0.15, -0.1) is 24.2 Å². The molecule has 0 spiro atoms. The maximum atomic E-state index is 10.2. The van der Waals surface area contributed by atoms with Crippen LogP contribution in [-0.4, -0.2) is 21.3 Å². The van der Waals surface area contributed by atoms with Crippen LogP contribution < -0.4 is 11.5 Å². The predicted molar refractivity (Wildman–Crippen MR) is 99.6 cm³/mol. The topological polar surface area (TPSA) is 98.0 Å². The summed E-state index contributed by atoms with van der Waals surface area (Å²) in [7, 11) is 0. The van der Waals surface area contributed by atoms with Crippen molar-refractivity contribution in [3.8, 4) is 5.75 Å². The third kappa shape index (κ3) is 4.20. The van der Waals surface area contributed by atoms with E-state index in [0.717, 1.165) is 40.1 Å². The Bertz CT molecular complexity index is 669. The number of benzene rings is 1. The van der Waals surface area contributed by atoms with Crippen molar-refractivity contribution in [2.45, 2.75) is 38.1 Å². The van der Waals surface area contributed by atoms with Gasteiger partial charge in [0.2, 0.25) is 5.95 Å². The molecule has 0 aliphatic rings. The number of hydrogen-bond donors (Lipinski definition) is 3. The molecule has 0 unspecified atom stereocenters. The first-order valence-electron chi connectivity index (χ1n) is 7.29. The van der Waals surface area contributed by atoms with Gasteiger partial charge in [0.15, 0.2) is 0 Å². The minimum absolute atomic E-state index is 0. The van der Waals surface area contributed by atoms with E-state index in [1.807, 2.05) is 32.2 Å². The zero-order chi connectivity index (χ0) is 16.3. The zero-order valence-corrected chi connectivity index (χ0v) is 15.2. The number of thioether (sulfide) groups is 1. The second-order valence-corrected chi connectivity index (χ2v) is 5.90. The van der Waals surface area contributed by atoms with Gasteiger partial charge in [-0.2, -0.15) is 4.98 Å². The minimum Gasteiger partial charge on any atom is -0.507 e. The summed E-state index contributed by atoms with van der Waals surface area (Å²) in [5.74, 6) is 1.01. The maximum Gasteiger partial charge on any atom is 0.223 e. The van der Waals surface area contributed by atoms with Crippen LogP contribution in [0.25, 0.3) is 0 Å². The highest BCUT2D eigenvalue weighted by Crippen LogP contribution is 2.30. The van der Waals surface area contributed by atoms with Crippen molar-refractivity contribution >= 4 is 35.9 Å². The lowest BCUT2D eigenvalue weighted by Crippen LogP contribution is -2.07. The number of phenolic OH excluding ortho intramolecular Hbond substituents is 1. The Hall–Kier alpha value is -1.66. The number of phenols is 1. The number of nitrogens with two attached hydrogens (primary N) is 2. The molecule has 0 saturated heterocycles. The largest absolute Gasteiger partial charge is 0.507 e. The smallest absolute Gasteiger partial charge is 0.223 e. The number of nitrogens with zero attached hydrogens (tertiary/aromatic N) is 2. The summed E-state index contributed by atoms with van der Waals surface area (Å²) in [6, 6.07) is 4.04. The summed E-state index contributed by atoms with van der Waals surface area (Å²) in [4.78, 5) is 8.31. The first kappa shape index (κ1) is 19.4. The van der Waals surface area contributed by atoms with Crippen LogP contribution in [0.2, 0.25) is 0 Å².